The summed E-state index contributed by atoms with van der Waals surface area (Å²) in [6, 6.07) is 11.0. The Morgan fingerprint density at radius 1 is 1.29 bits per heavy atom. The normalized spacial score (nSPS) is 12.8. The van der Waals surface area contributed by atoms with Crippen LogP contribution in [0.15, 0.2) is 35.8 Å². The maximum Gasteiger partial charge on any atom is 0.0798 e. The molecule has 1 unspecified atom stereocenters. The number of aromatic nitrogens is 1. The Kier molecular flexibility index (Phi) is 6.36. The number of benzene rings is 1. The van der Waals surface area contributed by atoms with Gasteiger partial charge < -0.3 is 10.2 Å². The number of aryl methyl sites for hydroxylation is 1. The van der Waals surface area contributed by atoms with Gasteiger partial charge in [-0.1, -0.05) is 30.3 Å². The van der Waals surface area contributed by atoms with E-state index >= 15 is 0 Å². The van der Waals surface area contributed by atoms with Crippen LogP contribution in [0.3, 0.4) is 0 Å². The van der Waals surface area contributed by atoms with E-state index < -0.39 is 0 Å². The summed E-state index contributed by atoms with van der Waals surface area (Å²) in [4.78, 5) is 8.04. The highest BCUT2D eigenvalue weighted by atomic mass is 32.1. The van der Waals surface area contributed by atoms with Crippen LogP contribution >= 0.6 is 11.3 Å². The fraction of sp³-hybridized carbons (Fsp3) is 0.471. The van der Waals surface area contributed by atoms with E-state index in [2.05, 4.69) is 66.4 Å². The largest absolute Gasteiger partial charge is 0.309 e. The van der Waals surface area contributed by atoms with Crippen molar-refractivity contribution >= 4 is 11.3 Å². The molecule has 0 aliphatic rings. The monoisotopic (exact) mass is 303 g/mol. The van der Waals surface area contributed by atoms with Crippen LogP contribution in [0.25, 0.3) is 0 Å². The summed E-state index contributed by atoms with van der Waals surface area (Å²) in [5.74, 6) is 0. The fourth-order valence-corrected chi connectivity index (χ4v) is 3.30. The smallest absolute Gasteiger partial charge is 0.0798 e. The molecule has 0 saturated heterocycles. The maximum absolute atomic E-state index is 4.31. The molecule has 4 heteroatoms. The number of hydrogen-bond acceptors (Lipinski definition) is 4. The Morgan fingerprint density at radius 2 is 2.05 bits per heavy atom. The third kappa shape index (κ3) is 5.23. The van der Waals surface area contributed by atoms with E-state index in [4.69, 9.17) is 0 Å². The van der Waals surface area contributed by atoms with Crippen molar-refractivity contribution in [3.8, 4) is 0 Å². The van der Waals surface area contributed by atoms with E-state index in [1.54, 1.807) is 11.3 Å². The Hall–Kier alpha value is -1.23. The second kappa shape index (κ2) is 8.27. The Bertz CT molecular complexity index is 524. The van der Waals surface area contributed by atoms with E-state index in [0.717, 1.165) is 31.7 Å². The molecule has 1 heterocycles. The predicted molar refractivity (Wildman–Crippen MR) is 90.7 cm³/mol. The van der Waals surface area contributed by atoms with Gasteiger partial charge in [0.05, 0.1) is 11.2 Å². The molecule has 0 aliphatic heterocycles. The first kappa shape index (κ1) is 16.1. The van der Waals surface area contributed by atoms with Gasteiger partial charge in [0.15, 0.2) is 0 Å². The number of hydrogen-bond donors (Lipinski definition) is 1. The average Bonchev–Trinajstić information content (AvgIpc) is 2.91. The van der Waals surface area contributed by atoms with E-state index in [1.807, 2.05) is 5.51 Å². The molecule has 114 valence electrons. The van der Waals surface area contributed by atoms with Crippen molar-refractivity contribution in [3.63, 3.8) is 0 Å². The molecule has 21 heavy (non-hydrogen) atoms. The van der Waals surface area contributed by atoms with Crippen LogP contribution in [0.4, 0.5) is 0 Å². The Labute approximate surface area is 132 Å². The van der Waals surface area contributed by atoms with Crippen LogP contribution in [0.2, 0.25) is 0 Å². The lowest BCUT2D eigenvalue weighted by atomic mass is 10.2. The second-order valence-electron chi connectivity index (χ2n) is 5.55. The summed E-state index contributed by atoms with van der Waals surface area (Å²) in [5.41, 5.74) is 4.46. The van der Waals surface area contributed by atoms with Crippen molar-refractivity contribution < 1.29 is 0 Å². The Balaban J connectivity index is 1.64. The van der Waals surface area contributed by atoms with Gasteiger partial charge in [-0.15, -0.1) is 11.3 Å². The molecule has 0 amide bonds. The summed E-state index contributed by atoms with van der Waals surface area (Å²) in [7, 11) is 2.18. The molecule has 0 aliphatic carbocycles. The zero-order valence-corrected chi connectivity index (χ0v) is 14.0. The van der Waals surface area contributed by atoms with Crippen molar-refractivity contribution in [3.05, 3.63) is 52.0 Å². The molecule has 0 saturated carbocycles. The average molecular weight is 303 g/mol. The number of thiazole rings is 1. The van der Waals surface area contributed by atoms with Gasteiger partial charge in [0.1, 0.15) is 0 Å². The minimum atomic E-state index is 0.400. The molecule has 1 aromatic carbocycles. The standard InChI is InChI=1S/C17H25N3S/c1-14(17-15(2)19-13-21-17)18-10-7-11-20(3)12-16-8-5-4-6-9-16/h4-6,8-9,13-14,18H,7,10-12H2,1-3H3. The van der Waals surface area contributed by atoms with Gasteiger partial charge in [0.2, 0.25) is 0 Å². The summed E-state index contributed by atoms with van der Waals surface area (Å²) >= 11 is 1.74. The van der Waals surface area contributed by atoms with Crippen LogP contribution in [-0.2, 0) is 6.54 Å². The van der Waals surface area contributed by atoms with Gasteiger partial charge in [-0.05, 0) is 46.0 Å². The third-order valence-electron chi connectivity index (χ3n) is 3.64. The first-order valence-corrected chi connectivity index (χ1v) is 8.40. The van der Waals surface area contributed by atoms with E-state index in [0.29, 0.717) is 6.04 Å². The molecule has 2 aromatic rings. The Morgan fingerprint density at radius 3 is 2.71 bits per heavy atom. The molecular weight excluding hydrogens is 278 g/mol. The van der Waals surface area contributed by atoms with E-state index in [1.165, 1.54) is 10.4 Å². The topological polar surface area (TPSA) is 28.2 Å². The molecule has 3 nitrogen and oxygen atoms in total. The zero-order valence-electron chi connectivity index (χ0n) is 13.2. The van der Waals surface area contributed by atoms with Crippen LogP contribution in [-0.4, -0.2) is 30.0 Å². The summed E-state index contributed by atoms with van der Waals surface area (Å²) < 4.78 is 0. The minimum Gasteiger partial charge on any atom is -0.309 e. The second-order valence-corrected chi connectivity index (χ2v) is 6.44. The molecule has 1 N–H and O–H groups in total. The lowest BCUT2D eigenvalue weighted by Gasteiger charge is -2.18. The lowest BCUT2D eigenvalue weighted by Crippen LogP contribution is -2.25. The molecular formula is C17H25N3S. The highest BCUT2D eigenvalue weighted by Gasteiger charge is 2.09. The highest BCUT2D eigenvalue weighted by Crippen LogP contribution is 2.20. The first-order valence-electron chi connectivity index (χ1n) is 7.52. The van der Waals surface area contributed by atoms with E-state index in [-0.39, 0.29) is 0 Å². The molecule has 0 fully saturated rings. The van der Waals surface area contributed by atoms with Crippen LogP contribution in [0.1, 0.15) is 35.5 Å². The maximum atomic E-state index is 4.31. The molecule has 0 radical (unpaired) electrons. The van der Waals surface area contributed by atoms with Crippen molar-refractivity contribution in [1.29, 1.82) is 0 Å². The van der Waals surface area contributed by atoms with E-state index in [9.17, 15) is 0 Å². The van der Waals surface area contributed by atoms with Crippen LogP contribution in [0.5, 0.6) is 0 Å². The summed E-state index contributed by atoms with van der Waals surface area (Å²) in [5, 5.41) is 3.59. The number of nitrogens with zero attached hydrogens (tertiary/aromatic N) is 2. The van der Waals surface area contributed by atoms with Crippen molar-refractivity contribution in [2.45, 2.75) is 32.9 Å². The van der Waals surface area contributed by atoms with Gasteiger partial charge in [-0.2, -0.15) is 0 Å². The summed E-state index contributed by atoms with van der Waals surface area (Å²) in [6.07, 6.45) is 1.16. The summed E-state index contributed by atoms with van der Waals surface area (Å²) in [6.45, 7) is 7.46. The fourth-order valence-electron chi connectivity index (χ4n) is 2.46. The minimum absolute atomic E-state index is 0.400. The van der Waals surface area contributed by atoms with Gasteiger partial charge in [0, 0.05) is 17.5 Å². The van der Waals surface area contributed by atoms with Crippen LogP contribution < -0.4 is 5.32 Å². The molecule has 1 aromatic heterocycles. The molecule has 1 atom stereocenters. The van der Waals surface area contributed by atoms with Gasteiger partial charge in [-0.25, -0.2) is 4.98 Å². The van der Waals surface area contributed by atoms with Gasteiger partial charge in [-0.3, -0.25) is 0 Å². The zero-order chi connectivity index (χ0) is 15.1. The SMILES string of the molecule is Cc1ncsc1C(C)NCCCN(C)Cc1ccccc1. The van der Waals surface area contributed by atoms with Crippen LogP contribution in [0, 0.1) is 6.92 Å². The van der Waals surface area contributed by atoms with Gasteiger partial charge in [0.25, 0.3) is 0 Å². The highest BCUT2D eigenvalue weighted by molar-refractivity contribution is 7.09. The number of rotatable bonds is 8. The van der Waals surface area contributed by atoms with Crippen molar-refractivity contribution in [2.24, 2.45) is 0 Å². The number of nitrogens with one attached hydrogen (secondary N) is 1. The van der Waals surface area contributed by atoms with Crippen molar-refractivity contribution in [2.75, 3.05) is 20.1 Å². The lowest BCUT2D eigenvalue weighted by molar-refractivity contribution is 0.317. The van der Waals surface area contributed by atoms with Crippen molar-refractivity contribution in [1.82, 2.24) is 15.2 Å². The third-order valence-corrected chi connectivity index (χ3v) is 4.75. The first-order chi connectivity index (χ1) is 10.2. The van der Waals surface area contributed by atoms with Gasteiger partial charge >= 0.3 is 0 Å². The molecule has 2 rings (SSSR count). The molecule has 0 bridgehead atoms. The predicted octanol–water partition coefficient (Wildman–Crippen LogP) is 3.62. The molecule has 0 spiro atoms. The quantitative estimate of drug-likeness (QED) is 0.755.